The van der Waals surface area contributed by atoms with Gasteiger partial charge in [-0.2, -0.15) is 0 Å². The Bertz CT molecular complexity index is 173. The van der Waals surface area contributed by atoms with Crippen LogP contribution in [0.3, 0.4) is 0 Å². The quantitative estimate of drug-likeness (QED) is 0.508. The highest BCUT2D eigenvalue weighted by Gasteiger charge is 2.20. The molecule has 0 aromatic carbocycles. The molecule has 68 valence electrons. The van der Waals surface area contributed by atoms with Crippen molar-refractivity contribution in [3.05, 3.63) is 0 Å². The monoisotopic (exact) mass is 201 g/mol. The fourth-order valence-electron chi connectivity index (χ4n) is 1.39. The summed E-state index contributed by atoms with van der Waals surface area (Å²) in [6.45, 7) is 3.26. The molecule has 1 heterocycles. The SMILES string of the molecule is CCCCCN1C(=S)CCC1=S. The maximum atomic E-state index is 5.21. The first kappa shape index (κ1) is 10.1. The van der Waals surface area contributed by atoms with Gasteiger partial charge in [0, 0.05) is 19.4 Å². The van der Waals surface area contributed by atoms with Crippen LogP contribution in [0, 0.1) is 0 Å². The Morgan fingerprint density at radius 1 is 1.17 bits per heavy atom. The van der Waals surface area contributed by atoms with E-state index >= 15 is 0 Å². The minimum absolute atomic E-state index is 1.00. The fraction of sp³-hybridized carbons (Fsp3) is 0.778. The van der Waals surface area contributed by atoms with Crippen molar-refractivity contribution in [1.29, 1.82) is 0 Å². The first-order chi connectivity index (χ1) is 5.75. The van der Waals surface area contributed by atoms with E-state index in [2.05, 4.69) is 11.8 Å². The van der Waals surface area contributed by atoms with Gasteiger partial charge in [0.2, 0.25) is 0 Å². The summed E-state index contributed by atoms with van der Waals surface area (Å²) in [7, 11) is 0. The zero-order valence-corrected chi connectivity index (χ0v) is 9.14. The van der Waals surface area contributed by atoms with Crippen LogP contribution in [0.25, 0.3) is 0 Å². The topological polar surface area (TPSA) is 3.24 Å². The summed E-state index contributed by atoms with van der Waals surface area (Å²) < 4.78 is 0. The van der Waals surface area contributed by atoms with Crippen molar-refractivity contribution in [1.82, 2.24) is 4.90 Å². The van der Waals surface area contributed by atoms with E-state index in [0.29, 0.717) is 0 Å². The zero-order valence-electron chi connectivity index (χ0n) is 7.51. The van der Waals surface area contributed by atoms with E-state index in [1.807, 2.05) is 0 Å². The molecule has 1 saturated heterocycles. The smallest absolute Gasteiger partial charge is 0.0831 e. The number of hydrogen-bond donors (Lipinski definition) is 0. The summed E-state index contributed by atoms with van der Waals surface area (Å²) in [6.07, 6.45) is 5.76. The van der Waals surface area contributed by atoms with Gasteiger partial charge < -0.3 is 4.90 Å². The predicted octanol–water partition coefficient (Wildman–Crippen LogP) is 2.93. The maximum Gasteiger partial charge on any atom is 0.0831 e. The highest BCUT2D eigenvalue weighted by Crippen LogP contribution is 2.15. The lowest BCUT2D eigenvalue weighted by molar-refractivity contribution is 0.569. The Balaban J connectivity index is 2.30. The van der Waals surface area contributed by atoms with Gasteiger partial charge in [-0.05, 0) is 6.42 Å². The van der Waals surface area contributed by atoms with Gasteiger partial charge in [-0.15, -0.1) is 0 Å². The van der Waals surface area contributed by atoms with E-state index in [0.717, 1.165) is 29.4 Å². The average Bonchev–Trinajstić information content (AvgIpc) is 2.35. The second-order valence-corrected chi connectivity index (χ2v) is 4.09. The largest absolute Gasteiger partial charge is 0.331 e. The molecule has 0 amide bonds. The number of unbranched alkanes of at least 4 members (excludes halogenated alkanes) is 2. The van der Waals surface area contributed by atoms with E-state index in [1.54, 1.807) is 0 Å². The second kappa shape index (κ2) is 4.87. The molecule has 0 atom stereocenters. The van der Waals surface area contributed by atoms with Crippen molar-refractivity contribution >= 4 is 34.4 Å². The third-order valence-corrected chi connectivity index (χ3v) is 2.99. The molecule has 0 N–H and O–H groups in total. The molecule has 1 fully saturated rings. The number of likely N-dealkylation sites (tertiary alicyclic amines) is 1. The van der Waals surface area contributed by atoms with Crippen molar-refractivity contribution in [3.8, 4) is 0 Å². The Labute approximate surface area is 85.1 Å². The van der Waals surface area contributed by atoms with Gasteiger partial charge in [0.1, 0.15) is 0 Å². The van der Waals surface area contributed by atoms with Gasteiger partial charge >= 0.3 is 0 Å². The van der Waals surface area contributed by atoms with Crippen LogP contribution in [0.1, 0.15) is 39.0 Å². The number of hydrogen-bond acceptors (Lipinski definition) is 2. The molecule has 0 aromatic rings. The van der Waals surface area contributed by atoms with E-state index < -0.39 is 0 Å². The Morgan fingerprint density at radius 3 is 2.25 bits per heavy atom. The standard InChI is InChI=1S/C9H15NS2/c1-2-3-4-7-10-8(11)5-6-9(10)12/h2-7H2,1H3. The summed E-state index contributed by atoms with van der Waals surface area (Å²) >= 11 is 10.4. The van der Waals surface area contributed by atoms with E-state index in [9.17, 15) is 0 Å². The third kappa shape index (κ3) is 2.49. The summed E-state index contributed by atoms with van der Waals surface area (Å²) in [6, 6.07) is 0. The minimum atomic E-state index is 1.00. The molecule has 1 rings (SSSR count). The molecular formula is C9H15NS2. The first-order valence-corrected chi connectivity index (χ1v) is 5.40. The lowest BCUT2D eigenvalue weighted by atomic mass is 10.2. The third-order valence-electron chi connectivity index (χ3n) is 2.14. The zero-order chi connectivity index (χ0) is 8.97. The minimum Gasteiger partial charge on any atom is -0.331 e. The Hall–Kier alpha value is -0.0200. The Morgan fingerprint density at radius 2 is 1.75 bits per heavy atom. The molecule has 0 unspecified atom stereocenters. The molecule has 0 bridgehead atoms. The molecule has 1 aliphatic heterocycles. The van der Waals surface area contributed by atoms with Gasteiger partial charge in [0.25, 0.3) is 0 Å². The molecule has 1 nitrogen and oxygen atoms in total. The van der Waals surface area contributed by atoms with E-state index in [1.165, 1.54) is 19.3 Å². The molecule has 0 aliphatic carbocycles. The van der Waals surface area contributed by atoms with E-state index in [4.69, 9.17) is 24.4 Å². The van der Waals surface area contributed by atoms with Crippen molar-refractivity contribution in [3.63, 3.8) is 0 Å². The van der Waals surface area contributed by atoms with Crippen LogP contribution < -0.4 is 0 Å². The number of rotatable bonds is 4. The second-order valence-electron chi connectivity index (χ2n) is 3.15. The predicted molar refractivity (Wildman–Crippen MR) is 60.7 cm³/mol. The molecular weight excluding hydrogens is 186 g/mol. The first-order valence-electron chi connectivity index (χ1n) is 4.59. The molecule has 3 heteroatoms. The molecule has 0 radical (unpaired) electrons. The Kier molecular flexibility index (Phi) is 4.09. The molecule has 0 aromatic heterocycles. The number of nitrogens with zero attached hydrogens (tertiary/aromatic N) is 1. The van der Waals surface area contributed by atoms with Crippen LogP contribution in [0.2, 0.25) is 0 Å². The lowest BCUT2D eigenvalue weighted by Crippen LogP contribution is -2.27. The van der Waals surface area contributed by atoms with Gasteiger partial charge in [-0.3, -0.25) is 0 Å². The summed E-state index contributed by atoms with van der Waals surface area (Å²) in [4.78, 5) is 4.24. The maximum absolute atomic E-state index is 5.21. The van der Waals surface area contributed by atoms with Crippen LogP contribution in [0.4, 0.5) is 0 Å². The van der Waals surface area contributed by atoms with Crippen LogP contribution in [-0.4, -0.2) is 21.4 Å². The lowest BCUT2D eigenvalue weighted by Gasteiger charge is -2.17. The van der Waals surface area contributed by atoms with Gasteiger partial charge in [0.05, 0.1) is 9.98 Å². The highest BCUT2D eigenvalue weighted by molar-refractivity contribution is 7.82. The molecule has 0 saturated carbocycles. The highest BCUT2D eigenvalue weighted by atomic mass is 32.1. The molecule has 1 aliphatic rings. The van der Waals surface area contributed by atoms with Gasteiger partial charge in [-0.25, -0.2) is 0 Å². The normalized spacial score (nSPS) is 17.6. The summed E-state index contributed by atoms with van der Waals surface area (Å²) in [5.41, 5.74) is 0. The summed E-state index contributed by atoms with van der Waals surface area (Å²) in [5, 5.41) is 0. The van der Waals surface area contributed by atoms with Crippen LogP contribution in [-0.2, 0) is 0 Å². The van der Waals surface area contributed by atoms with Crippen LogP contribution in [0.15, 0.2) is 0 Å². The van der Waals surface area contributed by atoms with Crippen molar-refractivity contribution in [2.75, 3.05) is 6.54 Å². The fourth-order valence-corrected chi connectivity index (χ4v) is 2.06. The van der Waals surface area contributed by atoms with Crippen LogP contribution >= 0.6 is 24.4 Å². The number of thiocarbonyl (C=S) groups is 2. The van der Waals surface area contributed by atoms with Crippen molar-refractivity contribution in [2.45, 2.75) is 39.0 Å². The van der Waals surface area contributed by atoms with Crippen molar-refractivity contribution in [2.24, 2.45) is 0 Å². The van der Waals surface area contributed by atoms with Gasteiger partial charge in [-0.1, -0.05) is 44.2 Å². The van der Waals surface area contributed by atoms with Crippen molar-refractivity contribution < 1.29 is 0 Å². The van der Waals surface area contributed by atoms with Gasteiger partial charge in [0.15, 0.2) is 0 Å². The van der Waals surface area contributed by atoms with E-state index in [-0.39, 0.29) is 0 Å². The molecule has 12 heavy (non-hydrogen) atoms. The molecule has 0 spiro atoms. The average molecular weight is 201 g/mol. The van der Waals surface area contributed by atoms with Crippen LogP contribution in [0.5, 0.6) is 0 Å². The summed E-state index contributed by atoms with van der Waals surface area (Å²) in [5.74, 6) is 0.